The molecular weight excluding hydrogens is 210 g/mol. The summed E-state index contributed by atoms with van der Waals surface area (Å²) in [6.45, 7) is 7.98. The molecule has 17 heavy (non-hydrogen) atoms. The summed E-state index contributed by atoms with van der Waals surface area (Å²) in [6, 6.07) is 4.16. The number of aryl methyl sites for hydroxylation is 1. The number of hydrogen-bond donors (Lipinski definition) is 1. The van der Waals surface area contributed by atoms with Crippen LogP contribution in [0.5, 0.6) is 0 Å². The van der Waals surface area contributed by atoms with Crippen molar-refractivity contribution in [1.82, 2.24) is 15.2 Å². The van der Waals surface area contributed by atoms with Gasteiger partial charge in [0.25, 0.3) is 0 Å². The van der Waals surface area contributed by atoms with E-state index in [-0.39, 0.29) is 0 Å². The van der Waals surface area contributed by atoms with Crippen LogP contribution in [-0.4, -0.2) is 36.1 Å². The second kappa shape index (κ2) is 6.72. The topological polar surface area (TPSA) is 28.2 Å². The zero-order valence-electron chi connectivity index (χ0n) is 10.8. The Kier molecular flexibility index (Phi) is 4.95. The Bertz CT molecular complexity index is 332. The predicted octanol–water partition coefficient (Wildman–Crippen LogP) is 1.97. The van der Waals surface area contributed by atoms with Gasteiger partial charge in [-0.1, -0.05) is 6.07 Å². The molecule has 1 aromatic heterocycles. The van der Waals surface area contributed by atoms with Gasteiger partial charge >= 0.3 is 0 Å². The Morgan fingerprint density at radius 3 is 2.94 bits per heavy atom. The summed E-state index contributed by atoms with van der Waals surface area (Å²) in [7, 11) is 0. The van der Waals surface area contributed by atoms with Gasteiger partial charge in [0.2, 0.25) is 0 Å². The van der Waals surface area contributed by atoms with Crippen molar-refractivity contribution in [3.05, 3.63) is 29.6 Å². The third-order valence-electron chi connectivity index (χ3n) is 3.46. The highest BCUT2D eigenvalue weighted by Crippen LogP contribution is 2.07. The van der Waals surface area contributed by atoms with Gasteiger partial charge in [0.15, 0.2) is 0 Å². The summed E-state index contributed by atoms with van der Waals surface area (Å²) in [5.41, 5.74) is 2.45. The second-order valence-corrected chi connectivity index (χ2v) is 4.83. The molecule has 0 unspecified atom stereocenters. The first kappa shape index (κ1) is 12.5. The molecule has 1 aromatic rings. The Hall–Kier alpha value is -0.930. The minimum Gasteiger partial charge on any atom is -0.313 e. The average molecular weight is 233 g/mol. The Balaban J connectivity index is 1.58. The summed E-state index contributed by atoms with van der Waals surface area (Å²) in [6.07, 6.45) is 5.89. The zero-order valence-corrected chi connectivity index (χ0v) is 10.8. The van der Waals surface area contributed by atoms with Gasteiger partial charge in [0, 0.05) is 18.4 Å². The highest BCUT2D eigenvalue weighted by Gasteiger charge is 2.09. The third-order valence-corrected chi connectivity index (χ3v) is 3.46. The Labute approximate surface area is 104 Å². The first-order chi connectivity index (χ1) is 8.36. The van der Waals surface area contributed by atoms with Gasteiger partial charge in [0.1, 0.15) is 0 Å². The van der Waals surface area contributed by atoms with Crippen molar-refractivity contribution >= 4 is 0 Å². The molecule has 0 saturated carbocycles. The number of aromatic nitrogens is 1. The number of hydrogen-bond acceptors (Lipinski definition) is 3. The summed E-state index contributed by atoms with van der Waals surface area (Å²) in [5.74, 6) is 0. The molecule has 1 aliphatic rings. The van der Waals surface area contributed by atoms with E-state index in [1.165, 1.54) is 44.5 Å². The molecule has 0 spiro atoms. The zero-order chi connectivity index (χ0) is 11.9. The SMILES string of the molecule is Cc1ncccc1CNCCCN1CCCC1. The molecule has 0 aromatic carbocycles. The number of nitrogens with one attached hydrogen (secondary N) is 1. The van der Waals surface area contributed by atoms with Crippen LogP contribution in [0.4, 0.5) is 0 Å². The van der Waals surface area contributed by atoms with Crippen LogP contribution in [0.2, 0.25) is 0 Å². The van der Waals surface area contributed by atoms with Crippen LogP contribution in [0, 0.1) is 6.92 Å². The van der Waals surface area contributed by atoms with Crippen molar-refractivity contribution < 1.29 is 0 Å². The molecule has 3 nitrogen and oxygen atoms in total. The van der Waals surface area contributed by atoms with E-state index in [0.29, 0.717) is 0 Å². The highest BCUT2D eigenvalue weighted by molar-refractivity contribution is 5.17. The fraction of sp³-hybridized carbons (Fsp3) is 0.643. The lowest BCUT2D eigenvalue weighted by Gasteiger charge is -2.14. The van der Waals surface area contributed by atoms with Gasteiger partial charge in [-0.15, -0.1) is 0 Å². The Morgan fingerprint density at radius 1 is 1.35 bits per heavy atom. The molecule has 0 aliphatic carbocycles. The lowest BCUT2D eigenvalue weighted by atomic mass is 10.2. The van der Waals surface area contributed by atoms with Crippen molar-refractivity contribution in [1.29, 1.82) is 0 Å². The average Bonchev–Trinajstić information content (AvgIpc) is 2.84. The molecule has 94 valence electrons. The molecule has 2 heterocycles. The molecule has 1 fully saturated rings. The third kappa shape index (κ3) is 4.10. The Morgan fingerprint density at radius 2 is 2.18 bits per heavy atom. The van der Waals surface area contributed by atoms with Crippen molar-refractivity contribution in [3.8, 4) is 0 Å². The summed E-state index contributed by atoms with van der Waals surface area (Å²) >= 11 is 0. The maximum Gasteiger partial charge on any atom is 0.0417 e. The molecule has 0 atom stereocenters. The minimum atomic E-state index is 0.944. The molecular formula is C14H23N3. The summed E-state index contributed by atoms with van der Waals surface area (Å²) < 4.78 is 0. The molecule has 0 bridgehead atoms. The van der Waals surface area contributed by atoms with Gasteiger partial charge < -0.3 is 10.2 Å². The quantitative estimate of drug-likeness (QED) is 0.761. The smallest absolute Gasteiger partial charge is 0.0417 e. The van der Waals surface area contributed by atoms with Gasteiger partial charge in [-0.05, 0) is 64.0 Å². The predicted molar refractivity (Wildman–Crippen MR) is 71.0 cm³/mol. The van der Waals surface area contributed by atoms with E-state index in [2.05, 4.69) is 28.2 Å². The van der Waals surface area contributed by atoms with Crippen molar-refractivity contribution in [2.45, 2.75) is 32.7 Å². The molecule has 1 aliphatic heterocycles. The largest absolute Gasteiger partial charge is 0.313 e. The van der Waals surface area contributed by atoms with Crippen LogP contribution in [0.1, 0.15) is 30.5 Å². The van der Waals surface area contributed by atoms with E-state index in [1.807, 2.05) is 12.3 Å². The van der Waals surface area contributed by atoms with Crippen molar-refractivity contribution in [2.24, 2.45) is 0 Å². The molecule has 0 radical (unpaired) electrons. The van der Waals surface area contributed by atoms with Gasteiger partial charge in [-0.25, -0.2) is 0 Å². The monoisotopic (exact) mass is 233 g/mol. The van der Waals surface area contributed by atoms with Crippen LogP contribution in [0.15, 0.2) is 18.3 Å². The number of rotatable bonds is 6. The molecule has 1 saturated heterocycles. The van der Waals surface area contributed by atoms with E-state index >= 15 is 0 Å². The van der Waals surface area contributed by atoms with E-state index in [4.69, 9.17) is 0 Å². The van der Waals surface area contributed by atoms with E-state index < -0.39 is 0 Å². The molecule has 0 amide bonds. The number of nitrogens with zero attached hydrogens (tertiary/aromatic N) is 2. The lowest BCUT2D eigenvalue weighted by Crippen LogP contribution is -2.24. The van der Waals surface area contributed by atoms with Crippen molar-refractivity contribution in [3.63, 3.8) is 0 Å². The minimum absolute atomic E-state index is 0.944. The molecule has 1 N–H and O–H groups in total. The van der Waals surface area contributed by atoms with E-state index in [1.54, 1.807) is 0 Å². The van der Waals surface area contributed by atoms with Gasteiger partial charge in [-0.2, -0.15) is 0 Å². The van der Waals surface area contributed by atoms with Gasteiger partial charge in [0.05, 0.1) is 0 Å². The van der Waals surface area contributed by atoms with E-state index in [9.17, 15) is 0 Å². The highest BCUT2D eigenvalue weighted by atomic mass is 15.1. The van der Waals surface area contributed by atoms with Crippen LogP contribution >= 0.6 is 0 Å². The molecule has 2 rings (SSSR count). The maximum atomic E-state index is 4.29. The second-order valence-electron chi connectivity index (χ2n) is 4.83. The van der Waals surface area contributed by atoms with E-state index in [0.717, 1.165) is 18.8 Å². The van der Waals surface area contributed by atoms with Crippen LogP contribution in [0.3, 0.4) is 0 Å². The standard InChI is InChI=1S/C14H23N3/c1-13-14(6-4-8-16-13)12-15-7-5-11-17-9-2-3-10-17/h4,6,8,15H,2-3,5,7,9-12H2,1H3. The number of likely N-dealkylation sites (tertiary alicyclic amines) is 1. The van der Waals surface area contributed by atoms with Crippen LogP contribution < -0.4 is 5.32 Å². The maximum absolute atomic E-state index is 4.29. The van der Waals surface area contributed by atoms with Crippen molar-refractivity contribution in [2.75, 3.05) is 26.2 Å². The fourth-order valence-corrected chi connectivity index (χ4v) is 2.36. The lowest BCUT2D eigenvalue weighted by molar-refractivity contribution is 0.331. The normalized spacial score (nSPS) is 16.5. The number of pyridine rings is 1. The first-order valence-corrected chi connectivity index (χ1v) is 6.70. The fourth-order valence-electron chi connectivity index (χ4n) is 2.36. The van der Waals surface area contributed by atoms with Crippen LogP contribution in [-0.2, 0) is 6.54 Å². The first-order valence-electron chi connectivity index (χ1n) is 6.70. The summed E-state index contributed by atoms with van der Waals surface area (Å²) in [5, 5.41) is 3.50. The van der Waals surface area contributed by atoms with Crippen LogP contribution in [0.25, 0.3) is 0 Å². The van der Waals surface area contributed by atoms with Gasteiger partial charge in [-0.3, -0.25) is 4.98 Å². The molecule has 3 heteroatoms. The summed E-state index contributed by atoms with van der Waals surface area (Å²) in [4.78, 5) is 6.86.